The maximum absolute atomic E-state index is 11.0. The van der Waals surface area contributed by atoms with Crippen LogP contribution in [0.5, 0.6) is 0 Å². The number of hydrogen-bond donors (Lipinski definition) is 2. The molecule has 1 saturated carbocycles. The molecule has 1 aliphatic carbocycles. The van der Waals surface area contributed by atoms with Gasteiger partial charge in [-0.1, -0.05) is 42.0 Å². The van der Waals surface area contributed by atoms with Crippen molar-refractivity contribution in [2.45, 2.75) is 93.8 Å². The summed E-state index contributed by atoms with van der Waals surface area (Å²) < 4.78 is 19.7. The van der Waals surface area contributed by atoms with Crippen LogP contribution in [0.2, 0.25) is 0 Å². The molecule has 3 aliphatic rings. The van der Waals surface area contributed by atoms with E-state index in [4.69, 9.17) is 14.2 Å². The van der Waals surface area contributed by atoms with Crippen molar-refractivity contribution in [2.75, 3.05) is 20.3 Å². The van der Waals surface area contributed by atoms with Crippen LogP contribution in [-0.4, -0.2) is 69.9 Å². The van der Waals surface area contributed by atoms with E-state index >= 15 is 0 Å². The molecular weight excluding hydrogens is 458 g/mol. The molecule has 1 aromatic heterocycles. The molecule has 0 radical (unpaired) electrons. The van der Waals surface area contributed by atoms with Crippen molar-refractivity contribution < 1.29 is 24.4 Å². The third-order valence-electron chi connectivity index (χ3n) is 7.89. The average molecular weight is 496 g/mol. The molecule has 2 aliphatic heterocycles. The van der Waals surface area contributed by atoms with E-state index < -0.39 is 5.60 Å². The van der Waals surface area contributed by atoms with E-state index in [2.05, 4.69) is 34.3 Å². The summed E-state index contributed by atoms with van der Waals surface area (Å²) in [7, 11) is 1.64. The molecule has 194 valence electrons. The molecule has 36 heavy (non-hydrogen) atoms. The van der Waals surface area contributed by atoms with Gasteiger partial charge in [0.25, 0.3) is 0 Å². The number of hydrogen-bond acceptors (Lipinski definition) is 7. The molecule has 2 N–H and O–H groups in total. The van der Waals surface area contributed by atoms with Gasteiger partial charge in [0.05, 0.1) is 43.3 Å². The number of aliphatic hydroxyl groups is 2. The Morgan fingerprint density at radius 1 is 1.14 bits per heavy atom. The molecular formula is C28H37N3O5. The summed E-state index contributed by atoms with van der Waals surface area (Å²) in [5.41, 5.74) is 1.99. The van der Waals surface area contributed by atoms with Crippen molar-refractivity contribution in [2.24, 2.45) is 0 Å². The summed E-state index contributed by atoms with van der Waals surface area (Å²) in [5, 5.41) is 29.5. The second kappa shape index (κ2) is 11.4. The molecule has 8 heteroatoms. The summed E-state index contributed by atoms with van der Waals surface area (Å²) in [6.07, 6.45) is 9.30. The molecule has 2 saturated heterocycles. The van der Waals surface area contributed by atoms with Gasteiger partial charge in [0.1, 0.15) is 17.9 Å². The van der Waals surface area contributed by atoms with Gasteiger partial charge in [0, 0.05) is 19.1 Å². The maximum Gasteiger partial charge on any atom is 0.114 e. The third kappa shape index (κ3) is 5.66. The number of ether oxygens (including phenoxy) is 3. The highest BCUT2D eigenvalue weighted by molar-refractivity contribution is 5.36. The van der Waals surface area contributed by atoms with Crippen molar-refractivity contribution >= 4 is 0 Å². The van der Waals surface area contributed by atoms with Crippen LogP contribution in [0.4, 0.5) is 0 Å². The van der Waals surface area contributed by atoms with E-state index in [1.807, 2.05) is 23.0 Å². The average Bonchev–Trinajstić information content (AvgIpc) is 3.58. The minimum Gasteiger partial charge on any atom is -0.394 e. The second-order valence-electron chi connectivity index (χ2n) is 10.4. The topological polar surface area (TPSA) is 98.9 Å². The number of benzene rings is 1. The Bertz CT molecular complexity index is 1050. The monoisotopic (exact) mass is 495 g/mol. The fraction of sp³-hybridized carbons (Fsp3) is 0.643. The van der Waals surface area contributed by atoms with Crippen molar-refractivity contribution in [3.8, 4) is 11.8 Å². The Morgan fingerprint density at radius 3 is 2.69 bits per heavy atom. The lowest BCUT2D eigenvalue weighted by Gasteiger charge is -2.45. The van der Waals surface area contributed by atoms with Gasteiger partial charge in [-0.25, -0.2) is 4.68 Å². The molecule has 3 heterocycles. The van der Waals surface area contributed by atoms with Gasteiger partial charge in [-0.05, 0) is 56.2 Å². The van der Waals surface area contributed by atoms with Crippen LogP contribution in [0.3, 0.4) is 0 Å². The molecule has 2 aromatic rings. The van der Waals surface area contributed by atoms with Gasteiger partial charge in [-0.3, -0.25) is 0 Å². The van der Waals surface area contributed by atoms with Crippen LogP contribution in [0.1, 0.15) is 74.2 Å². The van der Waals surface area contributed by atoms with Gasteiger partial charge in [-0.15, -0.1) is 5.10 Å². The second-order valence-corrected chi connectivity index (χ2v) is 10.4. The molecule has 3 fully saturated rings. The quantitative estimate of drug-likeness (QED) is 0.570. The van der Waals surface area contributed by atoms with Gasteiger partial charge in [-0.2, -0.15) is 0 Å². The fourth-order valence-corrected chi connectivity index (χ4v) is 5.82. The minimum absolute atomic E-state index is 0.0227. The Labute approximate surface area is 212 Å². The lowest BCUT2D eigenvalue weighted by molar-refractivity contribution is -0.209. The molecule has 5 atom stereocenters. The van der Waals surface area contributed by atoms with Crippen LogP contribution in [-0.2, 0) is 26.2 Å². The van der Waals surface area contributed by atoms with E-state index in [1.54, 1.807) is 7.11 Å². The van der Waals surface area contributed by atoms with Crippen molar-refractivity contribution in [1.29, 1.82) is 0 Å². The zero-order valence-electron chi connectivity index (χ0n) is 21.0. The molecule has 0 amide bonds. The molecule has 0 spiro atoms. The van der Waals surface area contributed by atoms with E-state index in [1.165, 1.54) is 5.56 Å². The fourth-order valence-electron chi connectivity index (χ4n) is 5.82. The maximum atomic E-state index is 11.0. The van der Waals surface area contributed by atoms with Crippen LogP contribution in [0.25, 0.3) is 0 Å². The summed E-state index contributed by atoms with van der Waals surface area (Å²) in [5.74, 6) is 6.09. The molecule has 5 rings (SSSR count). The number of aliphatic hydroxyl groups excluding tert-OH is 1. The van der Waals surface area contributed by atoms with Crippen molar-refractivity contribution in [3.05, 3.63) is 47.3 Å². The standard InChI is InChI=1S/C28H37N3O5/c1-34-16-4-5-20-6-8-21(9-7-20)10-12-24-23(17-26-25(36-24)13-11-22(19-32)35-26)31-18-27(29-30-31)28(33)14-2-3-15-28/h6-9,18,22-26,32-33H,2-3,10-17,19H2,1H3/t22-,23-,24-,25+,26+/m1/s1. The summed E-state index contributed by atoms with van der Waals surface area (Å²) in [6, 6.07) is 8.29. The van der Waals surface area contributed by atoms with E-state index in [9.17, 15) is 10.2 Å². The predicted octanol–water partition coefficient (Wildman–Crippen LogP) is 2.91. The van der Waals surface area contributed by atoms with E-state index in [0.29, 0.717) is 12.3 Å². The first-order valence-electron chi connectivity index (χ1n) is 13.2. The van der Waals surface area contributed by atoms with Crippen molar-refractivity contribution in [3.63, 3.8) is 0 Å². The summed E-state index contributed by atoms with van der Waals surface area (Å²) in [4.78, 5) is 0. The SMILES string of the molecule is COCC#Cc1ccc(CC[C@H]2O[C@H]3CC[C@H](CO)O[C@H]3C[C@H]2n2cc(C3(O)CCCC3)nn2)cc1. The molecule has 0 bridgehead atoms. The number of rotatable bonds is 7. The van der Waals surface area contributed by atoms with E-state index in [-0.39, 0.29) is 37.1 Å². The predicted molar refractivity (Wildman–Crippen MR) is 133 cm³/mol. The summed E-state index contributed by atoms with van der Waals surface area (Å²) >= 11 is 0. The Morgan fingerprint density at radius 2 is 1.94 bits per heavy atom. The zero-order chi connectivity index (χ0) is 25.0. The largest absolute Gasteiger partial charge is 0.394 e. The van der Waals surface area contributed by atoms with Crippen LogP contribution in [0, 0.1) is 11.8 Å². The van der Waals surface area contributed by atoms with Gasteiger partial charge in [0.15, 0.2) is 0 Å². The number of aromatic nitrogens is 3. The normalized spacial score (nSPS) is 29.4. The lowest BCUT2D eigenvalue weighted by atomic mass is 9.88. The highest BCUT2D eigenvalue weighted by Gasteiger charge is 2.44. The smallest absolute Gasteiger partial charge is 0.114 e. The van der Waals surface area contributed by atoms with Gasteiger partial charge in [0.2, 0.25) is 0 Å². The van der Waals surface area contributed by atoms with Crippen LogP contribution < -0.4 is 0 Å². The highest BCUT2D eigenvalue weighted by Crippen LogP contribution is 2.40. The molecule has 8 nitrogen and oxygen atoms in total. The Kier molecular flexibility index (Phi) is 8.04. The van der Waals surface area contributed by atoms with Crippen LogP contribution >= 0.6 is 0 Å². The molecule has 0 unspecified atom stereocenters. The third-order valence-corrected chi connectivity index (χ3v) is 7.89. The van der Waals surface area contributed by atoms with Gasteiger partial charge >= 0.3 is 0 Å². The van der Waals surface area contributed by atoms with E-state index in [0.717, 1.165) is 63.4 Å². The van der Waals surface area contributed by atoms with Crippen molar-refractivity contribution in [1.82, 2.24) is 15.0 Å². The number of aryl methyl sites for hydroxylation is 1. The first-order chi connectivity index (χ1) is 17.6. The zero-order valence-corrected chi connectivity index (χ0v) is 21.0. The van der Waals surface area contributed by atoms with Crippen LogP contribution in [0.15, 0.2) is 30.5 Å². The molecule has 1 aromatic carbocycles. The lowest BCUT2D eigenvalue weighted by Crippen LogP contribution is -2.51. The Hall–Kier alpha value is -2.28. The minimum atomic E-state index is -0.872. The van der Waals surface area contributed by atoms with Gasteiger partial charge < -0.3 is 24.4 Å². The first-order valence-corrected chi connectivity index (χ1v) is 13.2. The number of nitrogens with zero attached hydrogens (tertiary/aromatic N) is 3. The number of methoxy groups -OCH3 is 1. The summed E-state index contributed by atoms with van der Waals surface area (Å²) in [6.45, 7) is 0.456. The first kappa shape index (κ1) is 25.4. The highest BCUT2D eigenvalue weighted by atomic mass is 16.6. The Balaban J connectivity index is 1.31. The number of fused-ring (bicyclic) bond motifs is 1.